The molecule has 0 spiro atoms. The number of nitrogens with two attached hydrogens (primary N) is 2. The van der Waals surface area contributed by atoms with Crippen molar-refractivity contribution in [3.63, 3.8) is 0 Å². The number of carbonyl (C=O) groups excluding carboxylic acids is 1. The Kier molecular flexibility index (Phi) is 5.82. The zero-order chi connectivity index (χ0) is 16.2. The number of hydrogen-bond donors (Lipinski definition) is 3. The van der Waals surface area contributed by atoms with Crippen LogP contribution in [0.5, 0.6) is 0 Å². The SMILES string of the molecule is CC(C)C(NS(=O)(=O)Cc1ccccc1C(N)=S)C(N)=O. The van der Waals surface area contributed by atoms with Crippen LogP contribution in [0, 0.1) is 5.92 Å². The molecule has 0 heterocycles. The molecule has 1 unspecified atom stereocenters. The van der Waals surface area contributed by atoms with Gasteiger partial charge in [-0.3, -0.25) is 4.79 Å². The van der Waals surface area contributed by atoms with Crippen LogP contribution < -0.4 is 16.2 Å². The first-order valence-corrected chi connectivity index (χ1v) is 8.37. The van der Waals surface area contributed by atoms with E-state index >= 15 is 0 Å². The molecule has 0 aliphatic rings. The van der Waals surface area contributed by atoms with Crippen LogP contribution in [0.1, 0.15) is 25.0 Å². The highest BCUT2D eigenvalue weighted by atomic mass is 32.2. The summed E-state index contributed by atoms with van der Waals surface area (Å²) in [5, 5.41) is 0. The molecule has 0 radical (unpaired) electrons. The monoisotopic (exact) mass is 329 g/mol. The molecule has 1 rings (SSSR count). The third-order valence-electron chi connectivity index (χ3n) is 2.91. The summed E-state index contributed by atoms with van der Waals surface area (Å²) in [6, 6.07) is 5.75. The topological polar surface area (TPSA) is 115 Å². The van der Waals surface area contributed by atoms with Gasteiger partial charge in [0.05, 0.1) is 5.75 Å². The standard InChI is InChI=1S/C13H19N3O3S2/c1-8(2)11(12(14)17)16-21(18,19)7-9-5-3-4-6-10(9)13(15)20/h3-6,8,11,16H,7H2,1-2H3,(H2,14,17)(H2,15,20). The van der Waals surface area contributed by atoms with Crippen molar-refractivity contribution in [3.05, 3.63) is 35.4 Å². The number of carbonyl (C=O) groups is 1. The maximum absolute atomic E-state index is 12.2. The van der Waals surface area contributed by atoms with E-state index in [1.54, 1.807) is 38.1 Å². The van der Waals surface area contributed by atoms with Crippen LogP contribution in [0.2, 0.25) is 0 Å². The van der Waals surface area contributed by atoms with Crippen LogP contribution in [0.4, 0.5) is 0 Å². The molecule has 1 amide bonds. The second-order valence-corrected chi connectivity index (χ2v) is 7.22. The van der Waals surface area contributed by atoms with Crippen LogP contribution >= 0.6 is 12.2 Å². The smallest absolute Gasteiger partial charge is 0.235 e. The predicted octanol–water partition coefficient (Wildman–Crippen LogP) is 0.250. The van der Waals surface area contributed by atoms with Crippen molar-refractivity contribution in [1.82, 2.24) is 4.72 Å². The fourth-order valence-corrected chi connectivity index (χ4v) is 3.57. The third kappa shape index (κ3) is 5.07. The number of sulfonamides is 1. The maximum Gasteiger partial charge on any atom is 0.235 e. The number of primary amides is 1. The van der Waals surface area contributed by atoms with E-state index in [1.165, 1.54) is 0 Å². The molecule has 0 bridgehead atoms. The lowest BCUT2D eigenvalue weighted by atomic mass is 10.1. The van der Waals surface area contributed by atoms with Gasteiger partial charge in [-0.2, -0.15) is 0 Å². The molecule has 5 N–H and O–H groups in total. The van der Waals surface area contributed by atoms with Gasteiger partial charge in [-0.05, 0) is 11.5 Å². The molecule has 21 heavy (non-hydrogen) atoms. The van der Waals surface area contributed by atoms with Crippen LogP contribution in [0.3, 0.4) is 0 Å². The summed E-state index contributed by atoms with van der Waals surface area (Å²) in [4.78, 5) is 11.4. The molecule has 1 aromatic rings. The molecule has 0 saturated carbocycles. The van der Waals surface area contributed by atoms with Gasteiger partial charge in [0.2, 0.25) is 15.9 Å². The molecule has 0 aliphatic heterocycles. The molecule has 1 aromatic carbocycles. The molecular weight excluding hydrogens is 310 g/mol. The highest BCUT2D eigenvalue weighted by molar-refractivity contribution is 7.88. The Balaban J connectivity index is 3.01. The summed E-state index contributed by atoms with van der Waals surface area (Å²) >= 11 is 4.90. The second kappa shape index (κ2) is 6.97. The van der Waals surface area contributed by atoms with E-state index in [-0.39, 0.29) is 16.7 Å². The molecule has 0 fully saturated rings. The lowest BCUT2D eigenvalue weighted by Crippen LogP contribution is -2.48. The minimum atomic E-state index is -3.75. The minimum absolute atomic E-state index is 0.121. The first-order chi connectivity index (χ1) is 9.64. The van der Waals surface area contributed by atoms with Crippen molar-refractivity contribution < 1.29 is 13.2 Å². The fraction of sp³-hybridized carbons (Fsp3) is 0.385. The van der Waals surface area contributed by atoms with E-state index in [4.69, 9.17) is 23.7 Å². The quantitative estimate of drug-likeness (QED) is 0.620. The number of benzene rings is 1. The summed E-state index contributed by atoms with van der Waals surface area (Å²) in [6.07, 6.45) is 0. The molecule has 116 valence electrons. The second-order valence-electron chi connectivity index (χ2n) is 5.02. The van der Waals surface area contributed by atoms with Gasteiger partial charge in [-0.25, -0.2) is 13.1 Å². The van der Waals surface area contributed by atoms with Crippen LogP contribution in [0.25, 0.3) is 0 Å². The van der Waals surface area contributed by atoms with Crippen molar-refractivity contribution in [2.75, 3.05) is 0 Å². The summed E-state index contributed by atoms with van der Waals surface area (Å²) in [5.74, 6) is -1.28. The van der Waals surface area contributed by atoms with Gasteiger partial charge in [-0.15, -0.1) is 0 Å². The van der Waals surface area contributed by atoms with Crippen molar-refractivity contribution >= 4 is 33.1 Å². The first-order valence-electron chi connectivity index (χ1n) is 6.31. The molecule has 8 heteroatoms. The predicted molar refractivity (Wildman–Crippen MR) is 85.9 cm³/mol. The Labute approximate surface area is 129 Å². The van der Waals surface area contributed by atoms with Gasteiger partial charge in [-0.1, -0.05) is 50.3 Å². The number of thiocarbonyl (C=S) groups is 1. The summed E-state index contributed by atoms with van der Waals surface area (Å²) in [5.41, 5.74) is 11.8. The number of amides is 1. The Hall–Kier alpha value is -1.51. The van der Waals surface area contributed by atoms with Crippen LogP contribution in [-0.4, -0.2) is 25.4 Å². The maximum atomic E-state index is 12.2. The van der Waals surface area contributed by atoms with E-state index in [0.717, 1.165) is 0 Å². The normalized spacial score (nSPS) is 13.1. The van der Waals surface area contributed by atoms with Gasteiger partial charge in [0.25, 0.3) is 0 Å². The molecule has 6 nitrogen and oxygen atoms in total. The van der Waals surface area contributed by atoms with Crippen LogP contribution in [0.15, 0.2) is 24.3 Å². The zero-order valence-corrected chi connectivity index (χ0v) is 13.5. The van der Waals surface area contributed by atoms with Gasteiger partial charge in [0, 0.05) is 5.56 Å². The highest BCUT2D eigenvalue weighted by Gasteiger charge is 2.26. The molecule has 0 saturated heterocycles. The largest absolute Gasteiger partial charge is 0.389 e. The lowest BCUT2D eigenvalue weighted by molar-refractivity contribution is -0.120. The lowest BCUT2D eigenvalue weighted by Gasteiger charge is -2.19. The number of rotatable bonds is 7. The Morgan fingerprint density at radius 1 is 1.29 bits per heavy atom. The minimum Gasteiger partial charge on any atom is -0.389 e. The zero-order valence-electron chi connectivity index (χ0n) is 11.9. The molecule has 1 atom stereocenters. The summed E-state index contributed by atoms with van der Waals surface area (Å²) in [6.45, 7) is 3.42. The van der Waals surface area contributed by atoms with Gasteiger partial charge in [0.1, 0.15) is 11.0 Å². The summed E-state index contributed by atoms with van der Waals surface area (Å²) in [7, 11) is -3.75. The Morgan fingerprint density at radius 2 is 1.86 bits per heavy atom. The van der Waals surface area contributed by atoms with Gasteiger partial charge < -0.3 is 11.5 Å². The highest BCUT2D eigenvalue weighted by Crippen LogP contribution is 2.13. The Morgan fingerprint density at radius 3 is 2.33 bits per heavy atom. The van der Waals surface area contributed by atoms with E-state index in [9.17, 15) is 13.2 Å². The third-order valence-corrected chi connectivity index (χ3v) is 4.43. The molecule has 0 aromatic heterocycles. The van der Waals surface area contributed by atoms with Gasteiger partial charge in [0.15, 0.2) is 0 Å². The molecular formula is C13H19N3O3S2. The number of nitrogens with one attached hydrogen (secondary N) is 1. The summed E-state index contributed by atoms with van der Waals surface area (Å²) < 4.78 is 26.7. The van der Waals surface area contributed by atoms with E-state index in [2.05, 4.69) is 4.72 Å². The fourth-order valence-electron chi connectivity index (χ4n) is 1.85. The van der Waals surface area contributed by atoms with Crippen molar-refractivity contribution in [1.29, 1.82) is 0 Å². The average Bonchev–Trinajstić information content (AvgIpc) is 2.35. The van der Waals surface area contributed by atoms with Gasteiger partial charge >= 0.3 is 0 Å². The van der Waals surface area contributed by atoms with E-state index < -0.39 is 22.0 Å². The van der Waals surface area contributed by atoms with Crippen molar-refractivity contribution in [2.45, 2.75) is 25.6 Å². The number of hydrogen-bond acceptors (Lipinski definition) is 4. The van der Waals surface area contributed by atoms with E-state index in [1.807, 2.05) is 0 Å². The van der Waals surface area contributed by atoms with Crippen molar-refractivity contribution in [2.24, 2.45) is 17.4 Å². The first kappa shape index (κ1) is 17.5. The Bertz CT molecular complexity index is 642. The van der Waals surface area contributed by atoms with Crippen molar-refractivity contribution in [3.8, 4) is 0 Å². The van der Waals surface area contributed by atoms with Crippen LogP contribution in [-0.2, 0) is 20.6 Å². The van der Waals surface area contributed by atoms with E-state index in [0.29, 0.717) is 11.1 Å². The molecule has 0 aliphatic carbocycles. The average molecular weight is 329 g/mol.